The van der Waals surface area contributed by atoms with Crippen LogP contribution in [0.3, 0.4) is 0 Å². The van der Waals surface area contributed by atoms with Crippen molar-refractivity contribution in [2.24, 2.45) is 29.6 Å². The van der Waals surface area contributed by atoms with Crippen LogP contribution in [0, 0.1) is 29.6 Å². The average molecular weight is 964 g/mol. The second kappa shape index (κ2) is 23.7. The first-order valence-electron chi connectivity index (χ1n) is 24.7. The molecule has 0 aromatic heterocycles. The Morgan fingerprint density at radius 1 is 0.925 bits per heavy atom. The minimum Gasteiger partial charge on any atom is -0.512 e. The fourth-order valence-corrected chi connectivity index (χ4v) is 12.1. The summed E-state index contributed by atoms with van der Waals surface area (Å²) in [5.74, 6) is -5.68. The summed E-state index contributed by atoms with van der Waals surface area (Å²) in [4.78, 5) is 71.6. The summed E-state index contributed by atoms with van der Waals surface area (Å²) in [6.07, 6.45) is -0.00739. The number of fused-ring (bicyclic) bond motifs is 3. The molecule has 0 aromatic rings. The van der Waals surface area contributed by atoms with Crippen molar-refractivity contribution in [2.45, 2.75) is 212 Å². The van der Waals surface area contributed by atoms with E-state index < -0.39 is 110 Å². The Hall–Kier alpha value is -2.99. The Balaban J connectivity index is 1.90. The van der Waals surface area contributed by atoms with Crippen LogP contribution in [0.1, 0.15) is 139 Å². The molecule has 0 spiro atoms. The number of carboxylic acids is 1. The summed E-state index contributed by atoms with van der Waals surface area (Å²) >= 11 is 0. The number of rotatable bonds is 10. The molecule has 0 aromatic carbocycles. The van der Waals surface area contributed by atoms with Crippen LogP contribution in [0.4, 0.5) is 0 Å². The Morgan fingerprint density at radius 3 is 2.15 bits per heavy atom. The third kappa shape index (κ3) is 13.7. The number of aliphatic hydroxyl groups excluding tert-OH is 1. The first-order valence-corrected chi connectivity index (χ1v) is 27.6. The van der Waals surface area contributed by atoms with Crippen LogP contribution in [0.15, 0.2) is 23.0 Å². The number of aliphatic hydroxyl groups is 2. The van der Waals surface area contributed by atoms with Crippen molar-refractivity contribution in [3.63, 3.8) is 0 Å². The predicted molar refractivity (Wildman–Crippen MR) is 256 cm³/mol. The lowest BCUT2D eigenvalue weighted by molar-refractivity contribution is -0.199. The van der Waals surface area contributed by atoms with E-state index in [2.05, 4.69) is 40.8 Å². The van der Waals surface area contributed by atoms with E-state index >= 15 is 0 Å². The first-order chi connectivity index (χ1) is 31.2. The fourth-order valence-electron chi connectivity index (χ4n) is 10.7. The van der Waals surface area contributed by atoms with Gasteiger partial charge in [-0.3, -0.25) is 19.2 Å². The Bertz CT molecular complexity index is 1810. The first kappa shape index (κ1) is 56.6. The molecule has 3 fully saturated rings. The second-order valence-corrected chi connectivity index (χ2v) is 26.7. The van der Waals surface area contributed by atoms with Gasteiger partial charge in [-0.2, -0.15) is 0 Å². The van der Waals surface area contributed by atoms with Gasteiger partial charge in [0.05, 0.1) is 36.6 Å². The van der Waals surface area contributed by atoms with Gasteiger partial charge in [0.25, 0.3) is 5.91 Å². The van der Waals surface area contributed by atoms with Crippen LogP contribution >= 0.6 is 0 Å². The molecule has 14 atom stereocenters. The normalized spacial score (nSPS) is 37.3. The van der Waals surface area contributed by atoms with Crippen molar-refractivity contribution >= 4 is 37.7 Å². The number of cyclic esters (lactones) is 1. The van der Waals surface area contributed by atoms with Crippen molar-refractivity contribution in [3.05, 3.63) is 23.0 Å². The van der Waals surface area contributed by atoms with Gasteiger partial charge >= 0.3 is 11.9 Å². The number of methoxy groups -OCH3 is 3. The molecule has 3 aliphatic heterocycles. The fraction of sp³-hybridized carbons (Fsp3) is 0.824. The van der Waals surface area contributed by atoms with Gasteiger partial charge in [0.1, 0.15) is 35.7 Å². The van der Waals surface area contributed by atoms with Gasteiger partial charge in [-0.05, 0) is 108 Å². The molecule has 67 heavy (non-hydrogen) atoms. The maximum absolute atomic E-state index is 14.9. The molecule has 1 saturated carbocycles. The number of hydrogen-bond acceptors (Lipinski definition) is 13. The molecular formula is C51H85NO14Si. The van der Waals surface area contributed by atoms with Crippen LogP contribution in [-0.2, 0) is 52.1 Å². The van der Waals surface area contributed by atoms with Gasteiger partial charge in [0.2, 0.25) is 5.78 Å². The Morgan fingerprint density at radius 2 is 1.57 bits per heavy atom. The van der Waals surface area contributed by atoms with Crippen molar-refractivity contribution in [1.82, 2.24) is 4.90 Å². The largest absolute Gasteiger partial charge is 0.512 e. The summed E-state index contributed by atoms with van der Waals surface area (Å²) < 4.78 is 37.9. The molecule has 4 rings (SSSR count). The highest BCUT2D eigenvalue weighted by Gasteiger charge is 2.50. The van der Waals surface area contributed by atoms with Crippen LogP contribution in [0.5, 0.6) is 0 Å². The summed E-state index contributed by atoms with van der Waals surface area (Å²) in [5.41, 5.74) is -0.317. The average Bonchev–Trinajstić information content (AvgIpc) is 3.26. The number of ether oxygens (including phenoxy) is 5. The number of esters is 1. The molecule has 1 aliphatic carbocycles. The van der Waals surface area contributed by atoms with Crippen molar-refractivity contribution in [3.8, 4) is 0 Å². The highest BCUT2D eigenvalue weighted by molar-refractivity contribution is 6.74. The van der Waals surface area contributed by atoms with Crippen molar-refractivity contribution < 1.29 is 67.4 Å². The maximum Gasteiger partial charge on any atom is 0.329 e. The summed E-state index contributed by atoms with van der Waals surface area (Å²) in [5, 5.41) is 32.9. The number of ketones is 2. The number of Topliss-reactive ketones (excluding diaryl/α,β-unsaturated/α-hetero) is 2. The van der Waals surface area contributed by atoms with E-state index in [0.717, 1.165) is 5.57 Å². The van der Waals surface area contributed by atoms with Gasteiger partial charge in [-0.1, -0.05) is 60.1 Å². The summed E-state index contributed by atoms with van der Waals surface area (Å²) in [7, 11) is 1.96. The number of piperidine rings is 1. The number of carbonyl (C=O) groups is 5. The molecular weight excluding hydrogens is 879 g/mol. The number of nitrogens with zero attached hydrogens (tertiary/aromatic N) is 1. The quantitative estimate of drug-likeness (QED) is 0.0626. The summed E-state index contributed by atoms with van der Waals surface area (Å²) in [6.45, 7) is 22.2. The zero-order valence-corrected chi connectivity index (χ0v) is 44.1. The third-order valence-corrected chi connectivity index (χ3v) is 20.4. The van der Waals surface area contributed by atoms with E-state index in [4.69, 9.17) is 28.1 Å². The number of amides is 1. The van der Waals surface area contributed by atoms with Crippen LogP contribution in [0.2, 0.25) is 18.1 Å². The van der Waals surface area contributed by atoms with Gasteiger partial charge in [-0.25, -0.2) is 4.79 Å². The molecule has 14 unspecified atom stereocenters. The molecule has 3 heterocycles. The number of allylic oxidation sites excluding steroid dienone is 3. The lowest BCUT2D eigenvalue weighted by Gasteiger charge is -2.44. The number of carbonyl (C=O) groups excluding carboxylic acids is 4. The molecule has 16 heteroatoms. The Labute approximate surface area is 401 Å². The topological polar surface area (TPSA) is 205 Å². The standard InChI is InChI=1S/C51H85NO14Si/c1-15-34-23-29(2)22-30(3)24-39(61-10)47-40(62-11)25-31(4)45(64-47)44(57)48(58)52-21-17-16-18-36(52)49(59)65-46(32(5)38(27-37(34)53)66-67(13,14)50(7,8)9)33(6)43(56)35-19-20-51(60,28-42(54)55)41(26-35)63-12/h23,30-32,34-36,38-41,45-47,56,60H,15-22,24-28H2,1-14H3,(H,54,55)/b29-23+,43-33?. The van der Waals surface area contributed by atoms with Crippen LogP contribution in [0.25, 0.3) is 0 Å². The van der Waals surface area contributed by atoms with E-state index in [9.17, 15) is 39.3 Å². The van der Waals surface area contributed by atoms with Crippen molar-refractivity contribution in [1.29, 1.82) is 0 Å². The minimum atomic E-state index is -2.63. The van der Waals surface area contributed by atoms with Crippen LogP contribution in [-0.4, -0.2) is 140 Å². The van der Waals surface area contributed by atoms with E-state index in [1.165, 1.54) is 12.0 Å². The molecule has 3 N–H and O–H groups in total. The predicted octanol–water partition coefficient (Wildman–Crippen LogP) is 7.91. The van der Waals surface area contributed by atoms with Gasteiger partial charge in [-0.15, -0.1) is 0 Å². The Kier molecular flexibility index (Phi) is 20.1. The van der Waals surface area contributed by atoms with Crippen molar-refractivity contribution in [2.75, 3.05) is 27.9 Å². The second-order valence-electron chi connectivity index (χ2n) is 22.0. The zero-order chi connectivity index (χ0) is 50.3. The van der Waals surface area contributed by atoms with E-state index in [0.29, 0.717) is 44.1 Å². The SMILES string of the molecule is CCC1/C=C(\C)CC(C)CC(OC)C2OC(C(=O)C(=O)N3CCCCC3C(=O)OC(C(C)=C(O)C3CCC(O)(CC(=O)O)C(OC)C3)C(C)C(O[Si](C)(C)C(C)(C)C)CC1=O)C(C)CC2OC. The minimum absolute atomic E-state index is 0.00368. The lowest BCUT2D eigenvalue weighted by atomic mass is 9.73. The molecule has 0 radical (unpaired) electrons. The van der Waals surface area contributed by atoms with Gasteiger partial charge in [0, 0.05) is 57.6 Å². The van der Waals surface area contributed by atoms with E-state index in [1.807, 2.05) is 33.8 Å². The number of carboxylic acid groups (broad SMARTS) is 1. The molecule has 2 bridgehead atoms. The van der Waals surface area contributed by atoms with Gasteiger partial charge in [0.15, 0.2) is 8.32 Å². The number of hydrogen-bond donors (Lipinski definition) is 3. The van der Waals surface area contributed by atoms with E-state index in [1.54, 1.807) is 21.1 Å². The molecule has 15 nitrogen and oxygen atoms in total. The van der Waals surface area contributed by atoms with Crippen LogP contribution < -0.4 is 0 Å². The third-order valence-electron chi connectivity index (χ3n) is 15.9. The highest BCUT2D eigenvalue weighted by Crippen LogP contribution is 2.43. The molecule has 1 amide bonds. The molecule has 4 aliphatic rings. The van der Waals surface area contributed by atoms with Gasteiger partial charge < -0.3 is 48.3 Å². The highest BCUT2D eigenvalue weighted by atomic mass is 28.4. The lowest BCUT2D eigenvalue weighted by Crippen LogP contribution is -2.58. The number of aliphatic carboxylic acids is 1. The zero-order valence-electron chi connectivity index (χ0n) is 43.1. The molecule has 382 valence electrons. The van der Waals surface area contributed by atoms with E-state index in [-0.39, 0.29) is 67.1 Å². The summed E-state index contributed by atoms with van der Waals surface area (Å²) in [6, 6.07) is -1.13. The molecule has 2 saturated heterocycles. The smallest absolute Gasteiger partial charge is 0.329 e. The monoisotopic (exact) mass is 964 g/mol. The maximum atomic E-state index is 14.9.